The molecule has 1 aromatic rings. The summed E-state index contributed by atoms with van der Waals surface area (Å²) in [7, 11) is 3.74. The van der Waals surface area contributed by atoms with E-state index in [1.807, 2.05) is 18.0 Å². The molecule has 1 unspecified atom stereocenters. The Kier molecular flexibility index (Phi) is 7.69. The topological polar surface area (TPSA) is 74.0 Å². The summed E-state index contributed by atoms with van der Waals surface area (Å²) in [5.74, 6) is 0.718. The van der Waals surface area contributed by atoms with Crippen LogP contribution in [0.25, 0.3) is 0 Å². The number of nitrogens with zero attached hydrogens (tertiary/aromatic N) is 3. The number of carbonyl (C=O) groups is 1. The fourth-order valence-electron chi connectivity index (χ4n) is 3.40. The summed E-state index contributed by atoms with van der Waals surface area (Å²) >= 11 is 0. The molecule has 1 saturated heterocycles. The Hall–Kier alpha value is -2.31. The molecule has 144 valence electrons. The van der Waals surface area contributed by atoms with Gasteiger partial charge in [-0.2, -0.15) is 0 Å². The van der Waals surface area contributed by atoms with Crippen molar-refractivity contribution in [2.45, 2.75) is 25.7 Å². The molecule has 1 aromatic carbocycles. The first-order valence-electron chi connectivity index (χ1n) is 9.20. The zero-order valence-electron chi connectivity index (χ0n) is 15.7. The first-order valence-corrected chi connectivity index (χ1v) is 9.20. The van der Waals surface area contributed by atoms with Crippen LogP contribution in [0.15, 0.2) is 29.3 Å². The minimum Gasteiger partial charge on any atom is -0.374 e. The summed E-state index contributed by atoms with van der Waals surface area (Å²) in [6.07, 6.45) is 3.42. The van der Waals surface area contributed by atoms with Gasteiger partial charge in [-0.3, -0.25) is 9.79 Å². The highest BCUT2D eigenvalue weighted by Crippen LogP contribution is 2.19. The molecule has 1 amide bonds. The molecule has 0 aliphatic carbocycles. The quantitative estimate of drug-likeness (QED) is 0.440. The second kappa shape index (κ2) is 9.99. The Morgan fingerprint density at radius 3 is 3.00 bits per heavy atom. The van der Waals surface area contributed by atoms with Gasteiger partial charge in [-0.1, -0.05) is 6.07 Å². The zero-order chi connectivity index (χ0) is 18.9. The number of nitrogens with one attached hydrogen (secondary N) is 1. The average Bonchev–Trinajstić information content (AvgIpc) is 2.61. The number of benzene rings is 1. The predicted molar refractivity (Wildman–Crippen MR) is 104 cm³/mol. The number of amides is 1. The van der Waals surface area contributed by atoms with Crippen molar-refractivity contribution in [2.75, 3.05) is 45.2 Å². The highest BCUT2D eigenvalue weighted by molar-refractivity contribution is 5.80. The minimum absolute atomic E-state index is 0.219. The van der Waals surface area contributed by atoms with Crippen molar-refractivity contribution in [3.05, 3.63) is 30.1 Å². The molecule has 0 radical (unpaired) electrons. The van der Waals surface area contributed by atoms with Gasteiger partial charge in [0.15, 0.2) is 5.96 Å². The highest BCUT2D eigenvalue weighted by atomic mass is 19.1. The lowest BCUT2D eigenvalue weighted by Crippen LogP contribution is -2.47. The summed E-state index contributed by atoms with van der Waals surface area (Å²) < 4.78 is 13.3. The van der Waals surface area contributed by atoms with Crippen molar-refractivity contribution in [1.29, 1.82) is 0 Å². The highest BCUT2D eigenvalue weighted by Gasteiger charge is 2.23. The smallest absolute Gasteiger partial charge is 0.217 e. The number of piperidine rings is 1. The van der Waals surface area contributed by atoms with E-state index in [-0.39, 0.29) is 11.7 Å². The zero-order valence-corrected chi connectivity index (χ0v) is 15.7. The van der Waals surface area contributed by atoms with Gasteiger partial charge in [0.25, 0.3) is 0 Å². The van der Waals surface area contributed by atoms with E-state index in [9.17, 15) is 9.18 Å². The molecule has 1 atom stereocenters. The summed E-state index contributed by atoms with van der Waals surface area (Å²) in [6.45, 7) is 3.35. The van der Waals surface area contributed by atoms with Crippen LogP contribution in [0.1, 0.15) is 25.7 Å². The van der Waals surface area contributed by atoms with Crippen molar-refractivity contribution in [3.63, 3.8) is 0 Å². The van der Waals surface area contributed by atoms with Gasteiger partial charge in [0, 0.05) is 52.4 Å². The third-order valence-electron chi connectivity index (χ3n) is 4.72. The normalized spacial score (nSPS) is 17.9. The number of nitrogens with two attached hydrogens (primary N) is 1. The lowest BCUT2D eigenvalue weighted by atomic mass is 9.95. The van der Waals surface area contributed by atoms with E-state index in [2.05, 4.69) is 15.2 Å². The van der Waals surface area contributed by atoms with Gasteiger partial charge >= 0.3 is 0 Å². The van der Waals surface area contributed by atoms with E-state index in [4.69, 9.17) is 5.73 Å². The standard InChI is InChI=1S/C19H30FN5O/c1-22-19(25-11-4-6-15(14-25)12-18(21)26)23-9-5-10-24(2)17-8-3-7-16(20)13-17/h3,7-8,13,15H,4-6,9-12,14H2,1-2H3,(H2,21,26)(H,22,23). The molecular weight excluding hydrogens is 333 g/mol. The summed E-state index contributed by atoms with van der Waals surface area (Å²) in [6, 6.07) is 6.62. The SMILES string of the molecule is CN=C(NCCCN(C)c1cccc(F)c1)N1CCCC(CC(N)=O)C1. The molecule has 1 aliphatic rings. The third-order valence-corrected chi connectivity index (χ3v) is 4.72. The molecule has 0 bridgehead atoms. The number of hydrogen-bond donors (Lipinski definition) is 2. The van der Waals surface area contributed by atoms with Gasteiger partial charge in [-0.15, -0.1) is 0 Å². The van der Waals surface area contributed by atoms with Crippen molar-refractivity contribution in [1.82, 2.24) is 10.2 Å². The van der Waals surface area contributed by atoms with Crippen LogP contribution in [0.5, 0.6) is 0 Å². The number of primary amides is 1. The van der Waals surface area contributed by atoms with E-state index in [0.29, 0.717) is 12.3 Å². The summed E-state index contributed by atoms with van der Waals surface area (Å²) in [4.78, 5) is 19.8. The van der Waals surface area contributed by atoms with Crippen LogP contribution < -0.4 is 16.0 Å². The van der Waals surface area contributed by atoms with Gasteiger partial charge < -0.3 is 20.9 Å². The molecule has 1 heterocycles. The van der Waals surface area contributed by atoms with Crippen LogP contribution in [-0.2, 0) is 4.79 Å². The van der Waals surface area contributed by atoms with Crippen LogP contribution in [0.2, 0.25) is 0 Å². The number of rotatable bonds is 7. The van der Waals surface area contributed by atoms with Crippen molar-refractivity contribution in [3.8, 4) is 0 Å². The van der Waals surface area contributed by atoms with Crippen LogP contribution in [0, 0.1) is 11.7 Å². The molecule has 7 heteroatoms. The van der Waals surface area contributed by atoms with Gasteiger partial charge in [0.2, 0.25) is 5.91 Å². The maximum absolute atomic E-state index is 13.3. The summed E-state index contributed by atoms with van der Waals surface area (Å²) in [5.41, 5.74) is 6.20. The first-order chi connectivity index (χ1) is 12.5. The molecule has 1 fully saturated rings. The average molecular weight is 363 g/mol. The van der Waals surface area contributed by atoms with Crippen molar-refractivity contribution >= 4 is 17.6 Å². The fourth-order valence-corrected chi connectivity index (χ4v) is 3.40. The largest absolute Gasteiger partial charge is 0.374 e. The molecule has 3 N–H and O–H groups in total. The number of anilines is 1. The lowest BCUT2D eigenvalue weighted by Gasteiger charge is -2.34. The first kappa shape index (κ1) is 20.0. The number of guanidine groups is 1. The van der Waals surface area contributed by atoms with E-state index < -0.39 is 0 Å². The Bertz CT molecular complexity index is 622. The molecule has 0 aromatic heterocycles. The molecule has 0 saturated carbocycles. The fraction of sp³-hybridized carbons (Fsp3) is 0.579. The molecule has 1 aliphatic heterocycles. The van der Waals surface area contributed by atoms with Crippen LogP contribution in [0.3, 0.4) is 0 Å². The van der Waals surface area contributed by atoms with E-state index in [1.54, 1.807) is 19.2 Å². The molecule has 2 rings (SSSR count). The van der Waals surface area contributed by atoms with Crippen LogP contribution in [-0.4, -0.2) is 57.0 Å². The number of carbonyl (C=O) groups excluding carboxylic acids is 1. The van der Waals surface area contributed by atoms with E-state index >= 15 is 0 Å². The molecular formula is C19H30FN5O. The Morgan fingerprint density at radius 2 is 2.31 bits per heavy atom. The number of aliphatic imine (C=N–C) groups is 1. The Labute approximate surface area is 155 Å². The minimum atomic E-state index is -0.236. The Balaban J connectivity index is 1.75. The van der Waals surface area contributed by atoms with Crippen LogP contribution in [0.4, 0.5) is 10.1 Å². The van der Waals surface area contributed by atoms with Gasteiger partial charge in [-0.25, -0.2) is 4.39 Å². The van der Waals surface area contributed by atoms with Gasteiger partial charge in [-0.05, 0) is 43.4 Å². The molecule has 0 spiro atoms. The van der Waals surface area contributed by atoms with Crippen molar-refractivity contribution in [2.24, 2.45) is 16.6 Å². The molecule has 26 heavy (non-hydrogen) atoms. The lowest BCUT2D eigenvalue weighted by molar-refractivity contribution is -0.119. The number of hydrogen-bond acceptors (Lipinski definition) is 3. The molecule has 6 nitrogen and oxygen atoms in total. The predicted octanol–water partition coefficient (Wildman–Crippen LogP) is 1.81. The van der Waals surface area contributed by atoms with Gasteiger partial charge in [0.1, 0.15) is 5.82 Å². The summed E-state index contributed by atoms with van der Waals surface area (Å²) in [5, 5.41) is 3.39. The second-order valence-electron chi connectivity index (χ2n) is 6.85. The van der Waals surface area contributed by atoms with Crippen LogP contribution >= 0.6 is 0 Å². The maximum atomic E-state index is 13.3. The Morgan fingerprint density at radius 1 is 1.50 bits per heavy atom. The number of halogens is 1. The number of likely N-dealkylation sites (tertiary alicyclic amines) is 1. The maximum Gasteiger partial charge on any atom is 0.217 e. The second-order valence-corrected chi connectivity index (χ2v) is 6.85. The third kappa shape index (κ3) is 6.20. The van der Waals surface area contributed by atoms with E-state index in [0.717, 1.165) is 57.1 Å². The van der Waals surface area contributed by atoms with E-state index in [1.165, 1.54) is 6.07 Å². The van der Waals surface area contributed by atoms with Gasteiger partial charge in [0.05, 0.1) is 0 Å². The van der Waals surface area contributed by atoms with Crippen molar-refractivity contribution < 1.29 is 9.18 Å². The monoisotopic (exact) mass is 363 g/mol.